The minimum absolute atomic E-state index is 0.0400. The Hall–Kier alpha value is -2.90. The zero-order valence-corrected chi connectivity index (χ0v) is 17.6. The fourth-order valence-electron chi connectivity index (χ4n) is 3.70. The summed E-state index contributed by atoms with van der Waals surface area (Å²) in [6.45, 7) is 4.42. The number of ether oxygens (including phenoxy) is 2. The quantitative estimate of drug-likeness (QED) is 0.600. The number of carbonyl (C=O) groups excluding carboxylic acids is 2. The Morgan fingerprint density at radius 1 is 1.23 bits per heavy atom. The first kappa shape index (κ1) is 21.8. The molecule has 1 saturated carbocycles. The third-order valence-electron chi connectivity index (χ3n) is 5.13. The maximum absolute atomic E-state index is 13.3. The van der Waals surface area contributed by atoms with Gasteiger partial charge in [-0.1, -0.05) is 6.07 Å². The molecule has 0 radical (unpaired) electrons. The standard InChI is InChI=1S/C22H26F2N2O4/c1-5-29-18-10-15(6-9-17(18)30-22(23)24)11-26(16-7-8-16)21(28)20-12(2)19(14(4)27)13(3)25-20/h6,9-10,16,22,25H,5,7-8,11H2,1-4H3. The van der Waals surface area contributed by atoms with Gasteiger partial charge in [0, 0.05) is 23.8 Å². The number of benzene rings is 1. The maximum Gasteiger partial charge on any atom is 0.387 e. The Bertz CT molecular complexity index is 951. The number of hydrogen-bond acceptors (Lipinski definition) is 4. The first-order valence-corrected chi connectivity index (χ1v) is 9.94. The van der Waals surface area contributed by atoms with Gasteiger partial charge in [-0.15, -0.1) is 0 Å². The second-order valence-corrected chi connectivity index (χ2v) is 7.44. The van der Waals surface area contributed by atoms with Gasteiger partial charge >= 0.3 is 6.61 Å². The van der Waals surface area contributed by atoms with E-state index in [4.69, 9.17) is 4.74 Å². The highest BCUT2D eigenvalue weighted by Gasteiger charge is 2.35. The summed E-state index contributed by atoms with van der Waals surface area (Å²) < 4.78 is 35.2. The molecule has 0 unspecified atom stereocenters. The van der Waals surface area contributed by atoms with E-state index in [-0.39, 0.29) is 29.2 Å². The third-order valence-corrected chi connectivity index (χ3v) is 5.13. The van der Waals surface area contributed by atoms with Crippen LogP contribution in [0, 0.1) is 13.8 Å². The largest absolute Gasteiger partial charge is 0.490 e. The van der Waals surface area contributed by atoms with E-state index in [1.165, 1.54) is 13.0 Å². The van der Waals surface area contributed by atoms with Crippen LogP contribution in [0.5, 0.6) is 11.5 Å². The van der Waals surface area contributed by atoms with Gasteiger partial charge in [-0.05, 0) is 63.8 Å². The molecule has 0 aliphatic heterocycles. The number of ketones is 1. The number of aryl methyl sites for hydroxylation is 1. The summed E-state index contributed by atoms with van der Waals surface area (Å²) in [4.78, 5) is 30.0. The second-order valence-electron chi connectivity index (χ2n) is 7.44. The molecule has 0 saturated heterocycles. The first-order chi connectivity index (χ1) is 14.2. The highest BCUT2D eigenvalue weighted by Crippen LogP contribution is 2.34. The molecule has 1 heterocycles. The van der Waals surface area contributed by atoms with Crippen molar-refractivity contribution < 1.29 is 27.8 Å². The Labute approximate surface area is 174 Å². The lowest BCUT2D eigenvalue weighted by Crippen LogP contribution is -2.33. The molecule has 1 N–H and O–H groups in total. The Balaban J connectivity index is 1.88. The minimum atomic E-state index is -2.95. The van der Waals surface area contributed by atoms with Crippen LogP contribution in [0.25, 0.3) is 0 Å². The molecule has 1 fully saturated rings. The van der Waals surface area contributed by atoms with E-state index in [1.807, 2.05) is 0 Å². The topological polar surface area (TPSA) is 71.6 Å². The monoisotopic (exact) mass is 420 g/mol. The summed E-state index contributed by atoms with van der Waals surface area (Å²) in [6.07, 6.45) is 1.80. The van der Waals surface area contributed by atoms with Gasteiger partial charge < -0.3 is 19.4 Å². The molecule has 1 amide bonds. The lowest BCUT2D eigenvalue weighted by atomic mass is 10.1. The molecule has 3 rings (SSSR count). The number of nitrogens with zero attached hydrogens (tertiary/aromatic N) is 1. The van der Waals surface area contributed by atoms with Crippen molar-refractivity contribution in [2.45, 2.75) is 59.7 Å². The van der Waals surface area contributed by atoms with E-state index in [0.717, 1.165) is 18.4 Å². The fourth-order valence-corrected chi connectivity index (χ4v) is 3.70. The van der Waals surface area contributed by atoms with Gasteiger partial charge in [-0.2, -0.15) is 8.78 Å². The summed E-state index contributed by atoms with van der Waals surface area (Å²) >= 11 is 0. The van der Waals surface area contributed by atoms with Crippen molar-refractivity contribution in [3.05, 3.63) is 46.3 Å². The summed E-state index contributed by atoms with van der Waals surface area (Å²) in [7, 11) is 0. The van der Waals surface area contributed by atoms with E-state index in [2.05, 4.69) is 9.72 Å². The fraction of sp³-hybridized carbons (Fsp3) is 0.455. The zero-order valence-electron chi connectivity index (χ0n) is 17.6. The van der Waals surface area contributed by atoms with Gasteiger partial charge in [-0.25, -0.2) is 0 Å². The molecule has 0 atom stereocenters. The summed E-state index contributed by atoms with van der Waals surface area (Å²) in [5.74, 6) is -0.100. The average molecular weight is 420 g/mol. The molecule has 30 heavy (non-hydrogen) atoms. The van der Waals surface area contributed by atoms with E-state index in [0.29, 0.717) is 35.7 Å². The van der Waals surface area contributed by atoms with Crippen LogP contribution in [0.15, 0.2) is 18.2 Å². The van der Waals surface area contributed by atoms with Crippen molar-refractivity contribution in [2.75, 3.05) is 6.61 Å². The van der Waals surface area contributed by atoms with Crippen molar-refractivity contribution in [3.63, 3.8) is 0 Å². The van der Waals surface area contributed by atoms with Crippen molar-refractivity contribution in [1.82, 2.24) is 9.88 Å². The predicted octanol–water partition coefficient (Wildman–Crippen LogP) is 4.64. The maximum atomic E-state index is 13.3. The van der Waals surface area contributed by atoms with Crippen LogP contribution in [0.2, 0.25) is 0 Å². The smallest absolute Gasteiger partial charge is 0.387 e. The number of H-pyrrole nitrogens is 1. The molecular formula is C22H26F2N2O4. The first-order valence-electron chi connectivity index (χ1n) is 9.94. The zero-order chi connectivity index (χ0) is 22.0. The number of halogens is 2. The lowest BCUT2D eigenvalue weighted by Gasteiger charge is -2.23. The van der Waals surface area contributed by atoms with Crippen LogP contribution in [-0.2, 0) is 6.54 Å². The molecule has 1 aliphatic carbocycles. The molecule has 0 spiro atoms. The lowest BCUT2D eigenvalue weighted by molar-refractivity contribution is -0.0514. The number of rotatable bonds is 9. The summed E-state index contributed by atoms with van der Waals surface area (Å²) in [5.41, 5.74) is 3.01. The van der Waals surface area contributed by atoms with Crippen LogP contribution < -0.4 is 9.47 Å². The minimum Gasteiger partial charge on any atom is -0.490 e. The number of nitrogens with one attached hydrogen (secondary N) is 1. The van der Waals surface area contributed by atoms with E-state index >= 15 is 0 Å². The molecule has 0 bridgehead atoms. The van der Waals surface area contributed by atoms with Crippen molar-refractivity contribution in [3.8, 4) is 11.5 Å². The number of aromatic nitrogens is 1. The van der Waals surface area contributed by atoms with Gasteiger partial charge in [-0.3, -0.25) is 9.59 Å². The molecular weight excluding hydrogens is 394 g/mol. The third kappa shape index (κ3) is 4.63. The van der Waals surface area contributed by atoms with Crippen LogP contribution in [-0.4, -0.2) is 40.8 Å². The van der Waals surface area contributed by atoms with Gasteiger partial charge in [0.15, 0.2) is 17.3 Å². The Morgan fingerprint density at radius 3 is 2.47 bits per heavy atom. The molecule has 6 nitrogen and oxygen atoms in total. The number of alkyl halides is 2. The van der Waals surface area contributed by atoms with E-state index in [1.54, 1.807) is 37.8 Å². The average Bonchev–Trinajstić information content (AvgIpc) is 3.45. The van der Waals surface area contributed by atoms with Gasteiger partial charge in [0.1, 0.15) is 5.69 Å². The summed E-state index contributed by atoms with van der Waals surface area (Å²) in [5, 5.41) is 0. The highest BCUT2D eigenvalue weighted by molar-refractivity contribution is 6.02. The molecule has 8 heteroatoms. The van der Waals surface area contributed by atoms with E-state index in [9.17, 15) is 18.4 Å². The molecule has 1 aromatic carbocycles. The SMILES string of the molecule is CCOc1cc(CN(C(=O)c2[nH]c(C)c(C(C)=O)c2C)C2CC2)ccc1OC(F)F. The van der Waals surface area contributed by atoms with Crippen molar-refractivity contribution >= 4 is 11.7 Å². The van der Waals surface area contributed by atoms with Crippen LogP contribution in [0.1, 0.15) is 64.4 Å². The van der Waals surface area contributed by atoms with Crippen LogP contribution in [0.4, 0.5) is 8.78 Å². The molecule has 1 aromatic heterocycles. The molecule has 162 valence electrons. The number of hydrogen-bond donors (Lipinski definition) is 1. The van der Waals surface area contributed by atoms with Gasteiger partial charge in [0.05, 0.1) is 6.61 Å². The number of aromatic amines is 1. The Morgan fingerprint density at radius 2 is 1.93 bits per heavy atom. The second kappa shape index (κ2) is 8.85. The number of carbonyl (C=O) groups is 2. The predicted molar refractivity (Wildman–Crippen MR) is 107 cm³/mol. The van der Waals surface area contributed by atoms with Crippen LogP contribution in [0.3, 0.4) is 0 Å². The summed E-state index contributed by atoms with van der Waals surface area (Å²) in [6, 6.07) is 4.81. The van der Waals surface area contributed by atoms with Crippen LogP contribution >= 0.6 is 0 Å². The number of amides is 1. The highest BCUT2D eigenvalue weighted by atomic mass is 19.3. The number of Topliss-reactive ketones (excluding diaryl/α,β-unsaturated/α-hetero) is 1. The van der Waals surface area contributed by atoms with Crippen molar-refractivity contribution in [2.24, 2.45) is 0 Å². The molecule has 2 aromatic rings. The molecule has 1 aliphatic rings. The Kier molecular flexibility index (Phi) is 6.43. The van der Waals surface area contributed by atoms with Crippen molar-refractivity contribution in [1.29, 1.82) is 0 Å². The van der Waals surface area contributed by atoms with Gasteiger partial charge in [0.25, 0.3) is 5.91 Å². The van der Waals surface area contributed by atoms with E-state index < -0.39 is 6.61 Å². The van der Waals surface area contributed by atoms with Gasteiger partial charge in [0.2, 0.25) is 0 Å². The normalized spacial score (nSPS) is 13.4.